The first-order chi connectivity index (χ1) is 16.2. The minimum absolute atomic E-state index is 0.501. The summed E-state index contributed by atoms with van der Waals surface area (Å²) < 4.78 is 0. The van der Waals surface area contributed by atoms with Crippen molar-refractivity contribution in [2.45, 2.75) is 70.8 Å². The number of aromatic nitrogens is 2. The standard InChI is InChI=1S/C26H38N6S/c1-21-12-7-10-19-32(21)24-20-23(31-17-8-2-3-9-18-31)28-25(29-24)30-26(33)27-16-11-15-22-13-5-4-6-14-22/h4-6,13-14,20-21H,2-3,7-12,15-19H2,1H3,(H2,27,28,29,30,33)/t21-/m0/s1. The summed E-state index contributed by atoms with van der Waals surface area (Å²) in [5.41, 5.74) is 1.35. The number of piperidine rings is 1. The van der Waals surface area contributed by atoms with Crippen molar-refractivity contribution in [2.75, 3.05) is 41.3 Å². The fourth-order valence-corrected chi connectivity index (χ4v) is 5.00. The van der Waals surface area contributed by atoms with Crippen molar-refractivity contribution in [1.29, 1.82) is 0 Å². The summed E-state index contributed by atoms with van der Waals surface area (Å²) >= 11 is 5.58. The molecule has 0 saturated carbocycles. The zero-order valence-corrected chi connectivity index (χ0v) is 20.7. The van der Waals surface area contributed by atoms with Crippen LogP contribution < -0.4 is 20.4 Å². The van der Waals surface area contributed by atoms with Crippen molar-refractivity contribution >= 4 is 34.9 Å². The van der Waals surface area contributed by atoms with E-state index in [0.717, 1.165) is 50.7 Å². The lowest BCUT2D eigenvalue weighted by Crippen LogP contribution is -2.38. The van der Waals surface area contributed by atoms with E-state index >= 15 is 0 Å². The Balaban J connectivity index is 1.42. The van der Waals surface area contributed by atoms with Gasteiger partial charge in [0.1, 0.15) is 11.6 Å². The summed E-state index contributed by atoms with van der Waals surface area (Å²) in [7, 11) is 0. The maximum atomic E-state index is 5.58. The summed E-state index contributed by atoms with van der Waals surface area (Å²) in [4.78, 5) is 14.6. The van der Waals surface area contributed by atoms with Crippen LogP contribution in [-0.2, 0) is 6.42 Å². The Labute approximate surface area is 204 Å². The van der Waals surface area contributed by atoms with E-state index in [1.54, 1.807) is 0 Å². The van der Waals surface area contributed by atoms with Gasteiger partial charge in [0.25, 0.3) is 0 Å². The molecule has 6 nitrogen and oxygen atoms in total. The van der Waals surface area contributed by atoms with Gasteiger partial charge >= 0.3 is 0 Å². The third-order valence-corrected chi connectivity index (χ3v) is 6.97. The summed E-state index contributed by atoms with van der Waals surface area (Å²) in [5, 5.41) is 7.20. The Morgan fingerprint density at radius 2 is 1.70 bits per heavy atom. The average molecular weight is 467 g/mol. The molecule has 0 radical (unpaired) electrons. The van der Waals surface area contributed by atoms with Gasteiger partial charge in [-0.3, -0.25) is 0 Å². The number of hydrogen-bond donors (Lipinski definition) is 2. The summed E-state index contributed by atoms with van der Waals surface area (Å²) in [6, 6.07) is 13.3. The molecule has 2 aliphatic heterocycles. The molecule has 7 heteroatoms. The molecule has 0 spiro atoms. The lowest BCUT2D eigenvalue weighted by atomic mass is 10.0. The van der Waals surface area contributed by atoms with E-state index < -0.39 is 0 Å². The molecule has 0 aliphatic carbocycles. The molecule has 1 aromatic heterocycles. The lowest BCUT2D eigenvalue weighted by Gasteiger charge is -2.35. The second-order valence-electron chi connectivity index (χ2n) is 9.32. The van der Waals surface area contributed by atoms with Gasteiger partial charge in [-0.05, 0) is 69.7 Å². The predicted molar refractivity (Wildman–Crippen MR) is 142 cm³/mol. The van der Waals surface area contributed by atoms with Crippen LogP contribution in [0.15, 0.2) is 36.4 Å². The number of hydrogen-bond acceptors (Lipinski definition) is 5. The third-order valence-electron chi connectivity index (χ3n) is 6.72. The fourth-order valence-electron chi connectivity index (χ4n) is 4.81. The van der Waals surface area contributed by atoms with Gasteiger partial charge in [0, 0.05) is 38.3 Å². The van der Waals surface area contributed by atoms with E-state index in [1.165, 1.54) is 50.5 Å². The normalized spacial score (nSPS) is 19.1. The topological polar surface area (TPSA) is 56.3 Å². The number of nitrogens with zero attached hydrogens (tertiary/aromatic N) is 4. The average Bonchev–Trinajstić information content (AvgIpc) is 3.12. The second kappa shape index (κ2) is 12.2. The van der Waals surface area contributed by atoms with Crippen molar-refractivity contribution < 1.29 is 0 Å². The van der Waals surface area contributed by atoms with Crippen LogP contribution in [0.2, 0.25) is 0 Å². The van der Waals surface area contributed by atoms with Gasteiger partial charge < -0.3 is 20.4 Å². The Bertz CT molecular complexity index is 882. The third kappa shape index (κ3) is 7.03. The van der Waals surface area contributed by atoms with Crippen LogP contribution in [0.3, 0.4) is 0 Å². The molecule has 178 valence electrons. The van der Waals surface area contributed by atoms with Crippen LogP contribution in [0.25, 0.3) is 0 Å². The van der Waals surface area contributed by atoms with Crippen LogP contribution in [0, 0.1) is 0 Å². The highest BCUT2D eigenvalue weighted by Gasteiger charge is 2.22. The monoisotopic (exact) mass is 466 g/mol. The number of aryl methyl sites for hydroxylation is 1. The van der Waals surface area contributed by atoms with E-state index in [0.29, 0.717) is 17.1 Å². The van der Waals surface area contributed by atoms with Crippen molar-refractivity contribution in [3.63, 3.8) is 0 Å². The molecule has 2 N–H and O–H groups in total. The highest BCUT2D eigenvalue weighted by Crippen LogP contribution is 2.28. The van der Waals surface area contributed by atoms with Gasteiger partial charge in [0.05, 0.1) is 0 Å². The molecule has 2 aromatic rings. The molecule has 2 saturated heterocycles. The molecule has 33 heavy (non-hydrogen) atoms. The first kappa shape index (κ1) is 23.7. The fraction of sp³-hybridized carbons (Fsp3) is 0.577. The molecule has 2 fully saturated rings. The van der Waals surface area contributed by atoms with Crippen LogP contribution >= 0.6 is 12.2 Å². The molecule has 4 rings (SSSR count). The number of thiocarbonyl (C=S) groups is 1. The van der Waals surface area contributed by atoms with Crippen LogP contribution in [0.4, 0.5) is 17.6 Å². The van der Waals surface area contributed by atoms with Crippen LogP contribution in [0.5, 0.6) is 0 Å². The predicted octanol–water partition coefficient (Wildman–Crippen LogP) is 5.16. The molecular formula is C26H38N6S. The Morgan fingerprint density at radius 3 is 2.45 bits per heavy atom. The van der Waals surface area contributed by atoms with Gasteiger partial charge in [-0.15, -0.1) is 0 Å². The van der Waals surface area contributed by atoms with Gasteiger partial charge in [-0.2, -0.15) is 9.97 Å². The highest BCUT2D eigenvalue weighted by atomic mass is 32.1. The number of benzene rings is 1. The van der Waals surface area contributed by atoms with E-state index in [-0.39, 0.29) is 0 Å². The highest BCUT2D eigenvalue weighted by molar-refractivity contribution is 7.80. The molecule has 1 atom stereocenters. The molecule has 2 aliphatic rings. The summed E-state index contributed by atoms with van der Waals surface area (Å²) in [5.74, 6) is 2.64. The largest absolute Gasteiger partial charge is 0.362 e. The lowest BCUT2D eigenvalue weighted by molar-refractivity contribution is 0.481. The molecule has 3 heterocycles. The molecule has 0 bridgehead atoms. The van der Waals surface area contributed by atoms with Crippen molar-refractivity contribution in [2.24, 2.45) is 0 Å². The second-order valence-corrected chi connectivity index (χ2v) is 9.73. The maximum Gasteiger partial charge on any atom is 0.232 e. The SMILES string of the molecule is C[C@H]1CCCCN1c1cc(N2CCCCCC2)nc(NC(=S)NCCCc2ccccc2)n1. The maximum absolute atomic E-state index is 5.58. The smallest absolute Gasteiger partial charge is 0.232 e. The van der Waals surface area contributed by atoms with Gasteiger partial charge in [0.15, 0.2) is 5.11 Å². The van der Waals surface area contributed by atoms with Gasteiger partial charge in [-0.1, -0.05) is 43.2 Å². The van der Waals surface area contributed by atoms with Crippen molar-refractivity contribution in [3.8, 4) is 0 Å². The number of nitrogens with one attached hydrogen (secondary N) is 2. The van der Waals surface area contributed by atoms with Crippen LogP contribution in [-0.4, -0.2) is 47.3 Å². The zero-order chi connectivity index (χ0) is 22.9. The molecule has 0 unspecified atom stereocenters. The molecular weight excluding hydrogens is 428 g/mol. The van der Waals surface area contributed by atoms with E-state index in [9.17, 15) is 0 Å². The Kier molecular flexibility index (Phi) is 8.75. The van der Waals surface area contributed by atoms with Crippen molar-refractivity contribution in [1.82, 2.24) is 15.3 Å². The molecule has 1 aromatic carbocycles. The number of anilines is 3. The van der Waals surface area contributed by atoms with E-state index in [2.05, 4.69) is 63.8 Å². The Morgan fingerprint density at radius 1 is 0.970 bits per heavy atom. The first-order valence-electron chi connectivity index (χ1n) is 12.7. The summed E-state index contributed by atoms with van der Waals surface area (Å²) in [6.07, 6.45) is 10.9. The van der Waals surface area contributed by atoms with Gasteiger partial charge in [0.2, 0.25) is 5.95 Å². The van der Waals surface area contributed by atoms with Crippen LogP contribution in [0.1, 0.15) is 63.9 Å². The van der Waals surface area contributed by atoms with E-state index in [1.807, 2.05) is 0 Å². The van der Waals surface area contributed by atoms with Crippen molar-refractivity contribution in [3.05, 3.63) is 42.0 Å². The Hall–Kier alpha value is -2.41. The minimum atomic E-state index is 0.501. The van der Waals surface area contributed by atoms with Gasteiger partial charge in [-0.25, -0.2) is 0 Å². The quantitative estimate of drug-likeness (QED) is 0.432. The zero-order valence-electron chi connectivity index (χ0n) is 19.9. The summed E-state index contributed by atoms with van der Waals surface area (Å²) in [6.45, 7) is 6.31. The minimum Gasteiger partial charge on any atom is -0.362 e. The number of rotatable bonds is 7. The van der Waals surface area contributed by atoms with E-state index in [4.69, 9.17) is 22.2 Å². The first-order valence-corrected chi connectivity index (χ1v) is 13.1. The molecule has 0 amide bonds.